The number of hydrogen-bond acceptors (Lipinski definition) is 3. The minimum absolute atomic E-state index is 0.751. The number of fused-ring (bicyclic) bond motifs is 1. The molecule has 4 heteroatoms. The van der Waals surface area contributed by atoms with Crippen LogP contribution in [0.2, 0.25) is 0 Å². The van der Waals surface area contributed by atoms with Crippen molar-refractivity contribution in [2.75, 3.05) is 5.73 Å². The highest BCUT2D eigenvalue weighted by molar-refractivity contribution is 5.66. The molecule has 0 radical (unpaired) electrons. The van der Waals surface area contributed by atoms with E-state index in [1.165, 1.54) is 0 Å². The third-order valence-electron chi connectivity index (χ3n) is 2.50. The fourth-order valence-electron chi connectivity index (χ4n) is 1.75. The third-order valence-corrected chi connectivity index (χ3v) is 2.50. The van der Waals surface area contributed by atoms with Gasteiger partial charge in [-0.05, 0) is 12.1 Å². The van der Waals surface area contributed by atoms with E-state index in [9.17, 15) is 0 Å². The number of nitrogens with zero attached hydrogens (tertiary/aromatic N) is 3. The van der Waals surface area contributed by atoms with Gasteiger partial charge in [0.2, 0.25) is 0 Å². The van der Waals surface area contributed by atoms with Crippen LogP contribution in [0.1, 0.15) is 0 Å². The van der Waals surface area contributed by atoms with E-state index in [4.69, 9.17) is 5.73 Å². The van der Waals surface area contributed by atoms with E-state index in [2.05, 4.69) is 9.97 Å². The van der Waals surface area contributed by atoms with E-state index in [-0.39, 0.29) is 0 Å². The lowest BCUT2D eigenvalue weighted by atomic mass is 10.1. The molecule has 3 aromatic rings. The lowest BCUT2D eigenvalue weighted by Crippen LogP contribution is -1.90. The first-order chi connectivity index (χ1) is 7.84. The van der Waals surface area contributed by atoms with E-state index in [1.807, 2.05) is 41.1 Å². The van der Waals surface area contributed by atoms with Crippen LogP contribution in [0.4, 0.5) is 5.69 Å². The van der Waals surface area contributed by atoms with Gasteiger partial charge in [-0.3, -0.25) is 9.38 Å². The lowest BCUT2D eigenvalue weighted by molar-refractivity contribution is 1.13. The summed E-state index contributed by atoms with van der Waals surface area (Å²) >= 11 is 0. The number of imidazole rings is 1. The second-order valence-electron chi connectivity index (χ2n) is 3.57. The van der Waals surface area contributed by atoms with Gasteiger partial charge in [0.15, 0.2) is 5.65 Å². The second kappa shape index (κ2) is 3.34. The van der Waals surface area contributed by atoms with E-state index >= 15 is 0 Å². The molecule has 0 aliphatic carbocycles. The summed E-state index contributed by atoms with van der Waals surface area (Å²) in [6, 6.07) is 7.75. The summed E-state index contributed by atoms with van der Waals surface area (Å²) in [6.07, 6.45) is 7.19. The number of rotatable bonds is 1. The normalized spacial score (nSPS) is 10.8. The Morgan fingerprint density at radius 2 is 2.12 bits per heavy atom. The average molecular weight is 210 g/mol. The Morgan fingerprint density at radius 3 is 3.00 bits per heavy atom. The summed E-state index contributed by atoms with van der Waals surface area (Å²) in [5.41, 5.74) is 9.42. The van der Waals surface area contributed by atoms with Crippen molar-refractivity contribution >= 4 is 11.3 Å². The molecule has 0 amide bonds. The van der Waals surface area contributed by atoms with Crippen molar-refractivity contribution in [2.45, 2.75) is 0 Å². The van der Waals surface area contributed by atoms with Gasteiger partial charge in [-0.15, -0.1) is 0 Å². The summed E-state index contributed by atoms with van der Waals surface area (Å²) in [5, 5.41) is 0. The Balaban J connectivity index is 2.26. The number of anilines is 1. The van der Waals surface area contributed by atoms with Crippen LogP contribution >= 0.6 is 0 Å². The topological polar surface area (TPSA) is 56.2 Å². The zero-order valence-electron chi connectivity index (χ0n) is 8.54. The minimum Gasteiger partial charge on any atom is -0.399 e. The van der Waals surface area contributed by atoms with Gasteiger partial charge < -0.3 is 5.73 Å². The molecular formula is C12H10N4. The van der Waals surface area contributed by atoms with E-state index in [0.29, 0.717) is 0 Å². The van der Waals surface area contributed by atoms with Gasteiger partial charge >= 0.3 is 0 Å². The highest BCUT2D eigenvalue weighted by atomic mass is 15.0. The first-order valence-electron chi connectivity index (χ1n) is 4.97. The molecule has 0 atom stereocenters. The third kappa shape index (κ3) is 1.32. The first kappa shape index (κ1) is 8.91. The monoisotopic (exact) mass is 210 g/mol. The lowest BCUT2D eigenvalue weighted by Gasteiger charge is -2.02. The van der Waals surface area contributed by atoms with Gasteiger partial charge in [0.1, 0.15) is 0 Å². The molecule has 2 heterocycles. The molecule has 0 aliphatic heterocycles. The summed E-state index contributed by atoms with van der Waals surface area (Å²) in [4.78, 5) is 8.31. The van der Waals surface area contributed by atoms with Gasteiger partial charge in [-0.25, -0.2) is 4.98 Å². The first-order valence-corrected chi connectivity index (χ1v) is 4.97. The van der Waals surface area contributed by atoms with Crippen LogP contribution in [0, 0.1) is 0 Å². The van der Waals surface area contributed by atoms with Gasteiger partial charge in [-0.1, -0.05) is 12.1 Å². The Labute approximate surface area is 92.4 Å². The number of aromatic nitrogens is 3. The molecule has 0 saturated heterocycles. The van der Waals surface area contributed by atoms with Crippen LogP contribution in [0.5, 0.6) is 0 Å². The molecule has 3 rings (SSSR count). The van der Waals surface area contributed by atoms with Crippen molar-refractivity contribution in [2.24, 2.45) is 0 Å². The zero-order valence-corrected chi connectivity index (χ0v) is 8.54. The second-order valence-corrected chi connectivity index (χ2v) is 3.57. The molecule has 0 bridgehead atoms. The van der Waals surface area contributed by atoms with E-state index < -0.39 is 0 Å². The molecule has 2 aromatic heterocycles. The molecule has 4 nitrogen and oxygen atoms in total. The zero-order chi connectivity index (χ0) is 11.0. The maximum absolute atomic E-state index is 5.77. The summed E-state index contributed by atoms with van der Waals surface area (Å²) in [5.74, 6) is 0. The van der Waals surface area contributed by atoms with Crippen LogP contribution in [0.3, 0.4) is 0 Å². The van der Waals surface area contributed by atoms with Crippen molar-refractivity contribution in [3.8, 4) is 11.3 Å². The number of hydrogen-bond donors (Lipinski definition) is 1. The van der Waals surface area contributed by atoms with Gasteiger partial charge in [0, 0.05) is 23.6 Å². The summed E-state index contributed by atoms with van der Waals surface area (Å²) in [7, 11) is 0. The maximum Gasteiger partial charge on any atom is 0.155 e. The Morgan fingerprint density at radius 1 is 1.19 bits per heavy atom. The molecule has 0 spiro atoms. The standard InChI is InChI=1S/C12H10N4/c13-10-3-1-2-9(6-10)11-7-15-12-8-14-4-5-16(11)12/h1-8H,13H2. The molecule has 2 N–H and O–H groups in total. The molecule has 16 heavy (non-hydrogen) atoms. The molecule has 0 saturated carbocycles. The van der Waals surface area contributed by atoms with Crippen LogP contribution in [-0.4, -0.2) is 14.4 Å². The molecular weight excluding hydrogens is 200 g/mol. The molecule has 78 valence electrons. The van der Waals surface area contributed by atoms with Crippen LogP contribution in [0.15, 0.2) is 49.1 Å². The van der Waals surface area contributed by atoms with Gasteiger partial charge in [-0.2, -0.15) is 0 Å². The van der Waals surface area contributed by atoms with Crippen molar-refractivity contribution in [1.29, 1.82) is 0 Å². The average Bonchev–Trinajstić information content (AvgIpc) is 2.72. The molecule has 0 unspecified atom stereocenters. The number of nitrogens with two attached hydrogens (primary N) is 1. The highest BCUT2D eigenvalue weighted by Gasteiger charge is 2.04. The quantitative estimate of drug-likeness (QED) is 0.625. The Bertz CT molecular complexity index is 642. The highest BCUT2D eigenvalue weighted by Crippen LogP contribution is 2.21. The SMILES string of the molecule is Nc1cccc(-c2cnc3cnccn23)c1. The van der Waals surface area contributed by atoms with Gasteiger partial charge in [0.25, 0.3) is 0 Å². The Hall–Kier alpha value is -2.36. The van der Waals surface area contributed by atoms with Crippen molar-refractivity contribution in [3.63, 3.8) is 0 Å². The van der Waals surface area contributed by atoms with Gasteiger partial charge in [0.05, 0.1) is 18.1 Å². The molecule has 0 fully saturated rings. The number of benzene rings is 1. The van der Waals surface area contributed by atoms with Crippen molar-refractivity contribution in [3.05, 3.63) is 49.1 Å². The van der Waals surface area contributed by atoms with Crippen molar-refractivity contribution < 1.29 is 0 Å². The molecule has 1 aromatic carbocycles. The minimum atomic E-state index is 0.751. The number of nitrogen functional groups attached to an aromatic ring is 1. The summed E-state index contributed by atoms with van der Waals surface area (Å²) in [6.45, 7) is 0. The van der Waals surface area contributed by atoms with E-state index in [1.54, 1.807) is 12.4 Å². The van der Waals surface area contributed by atoms with Crippen LogP contribution in [-0.2, 0) is 0 Å². The Kier molecular flexibility index (Phi) is 1.86. The van der Waals surface area contributed by atoms with Crippen LogP contribution < -0.4 is 5.73 Å². The largest absolute Gasteiger partial charge is 0.399 e. The maximum atomic E-state index is 5.77. The predicted octanol–water partition coefficient (Wildman–Crippen LogP) is 1.98. The smallest absolute Gasteiger partial charge is 0.155 e. The predicted molar refractivity (Wildman–Crippen MR) is 62.8 cm³/mol. The summed E-state index contributed by atoms with van der Waals surface area (Å²) < 4.78 is 1.99. The van der Waals surface area contributed by atoms with E-state index in [0.717, 1.165) is 22.6 Å². The fraction of sp³-hybridized carbons (Fsp3) is 0. The fourth-order valence-corrected chi connectivity index (χ4v) is 1.75. The molecule has 0 aliphatic rings. The van der Waals surface area contributed by atoms with Crippen LogP contribution in [0.25, 0.3) is 16.9 Å². The van der Waals surface area contributed by atoms with Crippen molar-refractivity contribution in [1.82, 2.24) is 14.4 Å².